The maximum atomic E-state index is 5.85. The maximum Gasteiger partial charge on any atom is 0.134 e. The fourth-order valence-corrected chi connectivity index (χ4v) is 3.22. The van der Waals surface area contributed by atoms with Crippen LogP contribution < -0.4 is 10.3 Å². The van der Waals surface area contributed by atoms with Gasteiger partial charge in [-0.1, -0.05) is 60.7 Å². The van der Waals surface area contributed by atoms with Gasteiger partial charge in [0.2, 0.25) is 0 Å². The summed E-state index contributed by atoms with van der Waals surface area (Å²) in [6.07, 6.45) is 2.90. The molecule has 1 aliphatic heterocycles. The zero-order valence-electron chi connectivity index (χ0n) is 16.0. The van der Waals surface area contributed by atoms with Crippen molar-refractivity contribution in [3.05, 3.63) is 84.6 Å². The number of rotatable bonds is 8. The quantitative estimate of drug-likeness (QED) is 0.596. The summed E-state index contributed by atoms with van der Waals surface area (Å²) in [6, 6.07) is 24.8. The molecule has 0 fully saturated rings. The molecular formula is C23H25N3O2. The van der Waals surface area contributed by atoms with Crippen molar-refractivity contribution in [1.29, 1.82) is 0 Å². The van der Waals surface area contributed by atoms with Crippen molar-refractivity contribution in [3.63, 3.8) is 0 Å². The Kier molecular flexibility index (Phi) is 5.75. The highest BCUT2D eigenvalue weighted by Gasteiger charge is 2.17. The molecule has 1 aliphatic rings. The van der Waals surface area contributed by atoms with Gasteiger partial charge in [-0.05, 0) is 22.9 Å². The Bertz CT molecular complexity index is 943. The fraction of sp³-hybridized carbons (Fsp3) is 0.217. The van der Waals surface area contributed by atoms with Crippen LogP contribution in [0.5, 0.6) is 5.75 Å². The van der Waals surface area contributed by atoms with E-state index in [0.717, 1.165) is 17.9 Å². The van der Waals surface area contributed by atoms with Crippen LogP contribution in [0.25, 0.3) is 16.5 Å². The molecule has 0 atom stereocenters. The van der Waals surface area contributed by atoms with E-state index in [1.54, 1.807) is 0 Å². The predicted octanol–water partition coefficient (Wildman–Crippen LogP) is 4.25. The first kappa shape index (κ1) is 18.3. The average Bonchev–Trinajstić information content (AvgIpc) is 3.11. The van der Waals surface area contributed by atoms with Crippen molar-refractivity contribution in [2.75, 3.05) is 27.0 Å². The van der Waals surface area contributed by atoms with Crippen LogP contribution in [-0.4, -0.2) is 37.0 Å². The van der Waals surface area contributed by atoms with Crippen molar-refractivity contribution in [3.8, 4) is 5.75 Å². The van der Waals surface area contributed by atoms with E-state index in [2.05, 4.69) is 48.1 Å². The smallest absolute Gasteiger partial charge is 0.134 e. The number of hydrogen-bond acceptors (Lipinski definition) is 5. The van der Waals surface area contributed by atoms with Gasteiger partial charge >= 0.3 is 0 Å². The van der Waals surface area contributed by atoms with Crippen molar-refractivity contribution >= 4 is 16.5 Å². The first-order valence-corrected chi connectivity index (χ1v) is 9.53. The summed E-state index contributed by atoms with van der Waals surface area (Å²) in [6.45, 7) is 1.76. The van der Waals surface area contributed by atoms with Gasteiger partial charge in [-0.3, -0.25) is 10.0 Å². The van der Waals surface area contributed by atoms with Crippen LogP contribution >= 0.6 is 0 Å². The Balaban J connectivity index is 1.18. The van der Waals surface area contributed by atoms with Gasteiger partial charge in [-0.2, -0.15) is 0 Å². The van der Waals surface area contributed by atoms with E-state index < -0.39 is 0 Å². The number of hydrogen-bond donors (Lipinski definition) is 1. The van der Waals surface area contributed by atoms with Gasteiger partial charge in [0.15, 0.2) is 0 Å². The monoisotopic (exact) mass is 375 g/mol. The fourth-order valence-electron chi connectivity index (χ4n) is 3.22. The molecule has 5 heteroatoms. The number of nitrogens with zero attached hydrogens (tertiary/aromatic N) is 2. The van der Waals surface area contributed by atoms with Gasteiger partial charge in [-0.25, -0.2) is 0 Å². The molecule has 5 nitrogen and oxygen atoms in total. The van der Waals surface area contributed by atoms with Gasteiger partial charge in [-0.15, -0.1) is 5.53 Å². The Hall–Kier alpha value is -3.02. The third-order valence-corrected chi connectivity index (χ3v) is 4.64. The highest BCUT2D eigenvalue weighted by atomic mass is 16.5. The molecule has 0 aromatic heterocycles. The van der Waals surface area contributed by atoms with Gasteiger partial charge in [0.1, 0.15) is 12.5 Å². The molecule has 28 heavy (non-hydrogen) atoms. The van der Waals surface area contributed by atoms with Gasteiger partial charge in [0, 0.05) is 25.2 Å². The summed E-state index contributed by atoms with van der Waals surface area (Å²) in [5, 5.41) is 6.35. The number of hydrazine groups is 2. The first-order valence-electron chi connectivity index (χ1n) is 9.53. The summed E-state index contributed by atoms with van der Waals surface area (Å²) in [5.74, 6) is 0.900. The lowest BCUT2D eigenvalue weighted by Crippen LogP contribution is -2.39. The van der Waals surface area contributed by atoms with Crippen molar-refractivity contribution < 1.29 is 9.47 Å². The SMILES string of the molecule is CN1NN(COCCCOc2ccc3ccccc3c2)C=C1c1ccccc1. The second-order valence-corrected chi connectivity index (χ2v) is 6.76. The first-order chi connectivity index (χ1) is 13.8. The van der Waals surface area contributed by atoms with Crippen LogP contribution in [0.1, 0.15) is 12.0 Å². The van der Waals surface area contributed by atoms with E-state index in [0.29, 0.717) is 19.9 Å². The van der Waals surface area contributed by atoms with Gasteiger partial charge < -0.3 is 9.47 Å². The minimum atomic E-state index is 0.483. The largest absolute Gasteiger partial charge is 0.493 e. The molecule has 3 aromatic carbocycles. The molecule has 144 valence electrons. The standard InChI is InChI=1S/C23H25N3O2/c1-25-23(20-9-3-2-4-10-20)17-26(24-25)18-27-14-7-15-28-22-13-12-19-8-5-6-11-21(19)16-22/h2-6,8-13,16-17,24H,7,14-15,18H2,1H3. The van der Waals surface area contributed by atoms with E-state index in [1.807, 2.05) is 53.5 Å². The lowest BCUT2D eigenvalue weighted by Gasteiger charge is -2.20. The number of fused-ring (bicyclic) bond motifs is 1. The topological polar surface area (TPSA) is 37.0 Å². The predicted molar refractivity (Wildman–Crippen MR) is 112 cm³/mol. The van der Waals surface area contributed by atoms with Crippen molar-refractivity contribution in [2.45, 2.75) is 6.42 Å². The van der Waals surface area contributed by atoms with Crippen molar-refractivity contribution in [2.24, 2.45) is 0 Å². The van der Waals surface area contributed by atoms with Crippen LogP contribution in [0.4, 0.5) is 0 Å². The summed E-state index contributed by atoms with van der Waals surface area (Å²) in [4.78, 5) is 0. The molecule has 1 N–H and O–H groups in total. The highest BCUT2D eigenvalue weighted by Crippen LogP contribution is 2.22. The van der Waals surface area contributed by atoms with Crippen LogP contribution in [0.3, 0.4) is 0 Å². The van der Waals surface area contributed by atoms with E-state index in [1.165, 1.54) is 16.3 Å². The average molecular weight is 375 g/mol. The lowest BCUT2D eigenvalue weighted by molar-refractivity contribution is 0.00392. The van der Waals surface area contributed by atoms with Crippen LogP contribution in [0, 0.1) is 0 Å². The summed E-state index contributed by atoms with van der Waals surface area (Å²) >= 11 is 0. The Morgan fingerprint density at radius 1 is 0.857 bits per heavy atom. The number of nitrogens with one attached hydrogen (secondary N) is 1. The maximum absolute atomic E-state index is 5.85. The second-order valence-electron chi connectivity index (χ2n) is 6.76. The van der Waals surface area contributed by atoms with Crippen LogP contribution in [0.15, 0.2) is 79.0 Å². The van der Waals surface area contributed by atoms with Crippen LogP contribution in [-0.2, 0) is 4.74 Å². The zero-order valence-corrected chi connectivity index (χ0v) is 16.0. The third kappa shape index (κ3) is 4.44. The zero-order chi connectivity index (χ0) is 19.2. The summed E-state index contributed by atoms with van der Waals surface area (Å²) in [5.41, 5.74) is 5.54. The van der Waals surface area contributed by atoms with E-state index in [4.69, 9.17) is 9.47 Å². The summed E-state index contributed by atoms with van der Waals surface area (Å²) in [7, 11) is 2.00. The highest BCUT2D eigenvalue weighted by molar-refractivity contribution is 5.83. The van der Waals surface area contributed by atoms with Gasteiger partial charge in [0.25, 0.3) is 0 Å². The molecule has 0 amide bonds. The van der Waals surface area contributed by atoms with Crippen molar-refractivity contribution in [1.82, 2.24) is 15.6 Å². The molecule has 3 aromatic rings. The molecule has 0 saturated heterocycles. The number of benzene rings is 3. The molecule has 0 radical (unpaired) electrons. The van der Waals surface area contributed by atoms with Crippen LogP contribution in [0.2, 0.25) is 0 Å². The summed E-state index contributed by atoms with van der Waals surface area (Å²) < 4.78 is 11.6. The minimum absolute atomic E-state index is 0.483. The Morgan fingerprint density at radius 2 is 1.64 bits per heavy atom. The van der Waals surface area contributed by atoms with E-state index >= 15 is 0 Å². The molecule has 0 spiro atoms. The Labute approximate surface area is 165 Å². The van der Waals surface area contributed by atoms with Gasteiger partial charge in [0.05, 0.1) is 18.9 Å². The molecule has 0 unspecified atom stereocenters. The molecule has 0 saturated carbocycles. The second kappa shape index (κ2) is 8.78. The molecule has 0 bridgehead atoms. The van der Waals surface area contributed by atoms with E-state index in [9.17, 15) is 0 Å². The third-order valence-electron chi connectivity index (χ3n) is 4.64. The Morgan fingerprint density at radius 3 is 2.50 bits per heavy atom. The lowest BCUT2D eigenvalue weighted by atomic mass is 10.1. The molecule has 4 rings (SSSR count). The molecule has 0 aliphatic carbocycles. The normalized spacial score (nSPS) is 13.8. The van der Waals surface area contributed by atoms with E-state index in [-0.39, 0.29) is 0 Å². The number of ether oxygens (including phenoxy) is 2. The minimum Gasteiger partial charge on any atom is -0.493 e. The molecule has 1 heterocycles. The molecular weight excluding hydrogens is 350 g/mol.